The number of amides is 2. The number of methoxy groups -OCH3 is 2. The van der Waals surface area contributed by atoms with E-state index in [1.807, 2.05) is 6.07 Å². The van der Waals surface area contributed by atoms with Crippen LogP contribution < -0.4 is 15.4 Å². The molecule has 2 rings (SSSR count). The van der Waals surface area contributed by atoms with E-state index in [9.17, 15) is 14.4 Å². The molecule has 0 aromatic heterocycles. The number of benzene rings is 2. The Hall–Kier alpha value is -3.39. The van der Waals surface area contributed by atoms with Crippen molar-refractivity contribution in [2.45, 2.75) is 13.5 Å². The van der Waals surface area contributed by atoms with Crippen LogP contribution in [-0.2, 0) is 25.7 Å². The predicted octanol–water partition coefficient (Wildman–Crippen LogP) is 2.60. The van der Waals surface area contributed by atoms with Gasteiger partial charge in [-0.1, -0.05) is 12.1 Å². The van der Waals surface area contributed by atoms with Crippen LogP contribution >= 0.6 is 0 Å². The Labute approximate surface area is 162 Å². The third-order valence-corrected chi connectivity index (χ3v) is 3.60. The molecule has 0 unspecified atom stereocenters. The minimum absolute atomic E-state index is 0.243. The maximum Gasteiger partial charge on any atom is 0.338 e. The van der Waals surface area contributed by atoms with Crippen molar-refractivity contribution in [1.82, 2.24) is 0 Å². The summed E-state index contributed by atoms with van der Waals surface area (Å²) in [7, 11) is 3.01. The summed E-state index contributed by atoms with van der Waals surface area (Å²) in [6.07, 6.45) is 0. The molecule has 28 heavy (non-hydrogen) atoms. The van der Waals surface area contributed by atoms with Gasteiger partial charge in [0.25, 0.3) is 5.91 Å². The molecule has 8 heteroatoms. The van der Waals surface area contributed by atoms with Crippen molar-refractivity contribution in [2.75, 3.05) is 31.5 Å². The summed E-state index contributed by atoms with van der Waals surface area (Å²) < 4.78 is 15.3. The molecule has 0 saturated carbocycles. The highest BCUT2D eigenvalue weighted by Crippen LogP contribution is 2.27. The molecule has 148 valence electrons. The van der Waals surface area contributed by atoms with E-state index in [4.69, 9.17) is 14.2 Å². The van der Waals surface area contributed by atoms with Gasteiger partial charge in [-0.15, -0.1) is 0 Å². The van der Waals surface area contributed by atoms with Gasteiger partial charge in [0.15, 0.2) is 6.61 Å². The molecule has 0 aliphatic carbocycles. The molecule has 2 amide bonds. The molecule has 0 bridgehead atoms. The lowest BCUT2D eigenvalue weighted by Gasteiger charge is -2.12. The minimum Gasteiger partial charge on any atom is -0.495 e. The van der Waals surface area contributed by atoms with E-state index in [2.05, 4.69) is 10.6 Å². The number of hydrogen-bond acceptors (Lipinski definition) is 6. The zero-order valence-corrected chi connectivity index (χ0v) is 15.9. The standard InChI is InChI=1S/C20H22N2O6/c1-13(23)21-16-7-8-18(27-3)17(10-16)22-19(24)12-28-20(25)15-6-4-5-14(9-15)11-26-2/h4-10H,11-12H2,1-3H3,(H,21,23)(H,22,24). The van der Waals surface area contributed by atoms with E-state index in [0.29, 0.717) is 29.3 Å². The largest absolute Gasteiger partial charge is 0.495 e. The molecule has 2 N–H and O–H groups in total. The van der Waals surface area contributed by atoms with Crippen LogP contribution in [0, 0.1) is 0 Å². The van der Waals surface area contributed by atoms with Crippen LogP contribution in [0.25, 0.3) is 0 Å². The van der Waals surface area contributed by atoms with Crippen molar-refractivity contribution in [1.29, 1.82) is 0 Å². The summed E-state index contributed by atoms with van der Waals surface area (Å²) in [5.41, 5.74) is 1.99. The summed E-state index contributed by atoms with van der Waals surface area (Å²) in [5.74, 6) is -1.00. The van der Waals surface area contributed by atoms with Gasteiger partial charge in [-0.2, -0.15) is 0 Å². The number of hydrogen-bond donors (Lipinski definition) is 2. The summed E-state index contributed by atoms with van der Waals surface area (Å²) >= 11 is 0. The van der Waals surface area contributed by atoms with Crippen LogP contribution in [0.1, 0.15) is 22.8 Å². The molecule has 0 spiro atoms. The van der Waals surface area contributed by atoms with Crippen LogP contribution in [0.3, 0.4) is 0 Å². The number of carbonyl (C=O) groups is 3. The minimum atomic E-state index is -0.618. The molecule has 0 heterocycles. The van der Waals surface area contributed by atoms with Gasteiger partial charge in [0.05, 0.1) is 25.0 Å². The van der Waals surface area contributed by atoms with Crippen molar-refractivity contribution in [3.8, 4) is 5.75 Å². The van der Waals surface area contributed by atoms with Crippen LogP contribution in [0.4, 0.5) is 11.4 Å². The number of esters is 1. The third-order valence-electron chi connectivity index (χ3n) is 3.60. The molecule has 0 radical (unpaired) electrons. The van der Waals surface area contributed by atoms with Crippen molar-refractivity contribution in [3.05, 3.63) is 53.6 Å². The third kappa shape index (κ3) is 6.10. The van der Waals surface area contributed by atoms with Crippen LogP contribution in [0.5, 0.6) is 5.75 Å². The van der Waals surface area contributed by atoms with Crippen LogP contribution in [-0.4, -0.2) is 38.6 Å². The number of rotatable bonds is 8. The highest BCUT2D eigenvalue weighted by molar-refractivity contribution is 5.97. The van der Waals surface area contributed by atoms with E-state index in [1.165, 1.54) is 14.0 Å². The monoisotopic (exact) mass is 386 g/mol. The molecule has 0 aliphatic heterocycles. The number of nitrogens with one attached hydrogen (secondary N) is 2. The van der Waals surface area contributed by atoms with Crippen molar-refractivity contribution in [2.24, 2.45) is 0 Å². The topological polar surface area (TPSA) is 103 Å². The highest BCUT2D eigenvalue weighted by atomic mass is 16.5. The molecule has 0 aliphatic rings. The van der Waals surface area contributed by atoms with E-state index in [-0.39, 0.29) is 5.91 Å². The van der Waals surface area contributed by atoms with Gasteiger partial charge in [0.1, 0.15) is 5.75 Å². The number of carbonyl (C=O) groups excluding carboxylic acids is 3. The summed E-state index contributed by atoms with van der Waals surface area (Å²) in [5, 5.41) is 5.22. The molecule has 2 aromatic carbocycles. The Balaban J connectivity index is 1.99. The Bertz CT molecular complexity index is 866. The molecule has 0 atom stereocenters. The zero-order chi connectivity index (χ0) is 20.5. The van der Waals surface area contributed by atoms with E-state index in [0.717, 1.165) is 5.56 Å². The van der Waals surface area contributed by atoms with Crippen LogP contribution in [0.15, 0.2) is 42.5 Å². The summed E-state index contributed by atoms with van der Waals surface area (Å²) in [6, 6.07) is 11.6. The van der Waals surface area contributed by atoms with Gasteiger partial charge in [0, 0.05) is 19.7 Å². The maximum absolute atomic E-state index is 12.2. The second-order valence-electron chi connectivity index (χ2n) is 5.85. The lowest BCUT2D eigenvalue weighted by atomic mass is 10.1. The lowest BCUT2D eigenvalue weighted by Crippen LogP contribution is -2.21. The average Bonchev–Trinajstić information content (AvgIpc) is 2.66. The fourth-order valence-corrected chi connectivity index (χ4v) is 2.44. The van der Waals surface area contributed by atoms with Gasteiger partial charge in [-0.3, -0.25) is 9.59 Å². The molecule has 0 fully saturated rings. The Kier molecular flexibility index (Phi) is 7.53. The Morgan fingerprint density at radius 1 is 1.00 bits per heavy atom. The van der Waals surface area contributed by atoms with Crippen molar-refractivity contribution >= 4 is 29.2 Å². The van der Waals surface area contributed by atoms with Gasteiger partial charge in [-0.05, 0) is 35.9 Å². The van der Waals surface area contributed by atoms with Crippen molar-refractivity contribution < 1.29 is 28.6 Å². The second-order valence-corrected chi connectivity index (χ2v) is 5.85. The molecule has 8 nitrogen and oxygen atoms in total. The first kappa shape index (κ1) is 20.9. The second kappa shape index (κ2) is 10.1. The SMILES string of the molecule is COCc1cccc(C(=O)OCC(=O)Nc2cc(NC(C)=O)ccc2OC)c1. The number of ether oxygens (including phenoxy) is 3. The normalized spacial score (nSPS) is 10.1. The van der Waals surface area contributed by atoms with Crippen molar-refractivity contribution in [3.63, 3.8) is 0 Å². The van der Waals surface area contributed by atoms with E-state index < -0.39 is 18.5 Å². The quantitative estimate of drug-likeness (QED) is 0.676. The van der Waals surface area contributed by atoms with Crippen LogP contribution in [0.2, 0.25) is 0 Å². The van der Waals surface area contributed by atoms with Gasteiger partial charge < -0.3 is 24.8 Å². The summed E-state index contributed by atoms with van der Waals surface area (Å²) in [4.78, 5) is 35.5. The fourth-order valence-electron chi connectivity index (χ4n) is 2.44. The first-order valence-corrected chi connectivity index (χ1v) is 8.43. The van der Waals surface area contributed by atoms with Gasteiger partial charge >= 0.3 is 5.97 Å². The summed E-state index contributed by atoms with van der Waals surface area (Å²) in [6.45, 7) is 1.27. The first-order valence-electron chi connectivity index (χ1n) is 8.43. The van der Waals surface area contributed by atoms with E-state index >= 15 is 0 Å². The zero-order valence-electron chi connectivity index (χ0n) is 15.9. The van der Waals surface area contributed by atoms with Gasteiger partial charge in [-0.25, -0.2) is 4.79 Å². The predicted molar refractivity (Wildman–Crippen MR) is 103 cm³/mol. The maximum atomic E-state index is 12.2. The molecule has 2 aromatic rings. The Morgan fingerprint density at radius 3 is 2.46 bits per heavy atom. The molecule has 0 saturated heterocycles. The Morgan fingerprint density at radius 2 is 1.79 bits per heavy atom. The molecular weight excluding hydrogens is 364 g/mol. The lowest BCUT2D eigenvalue weighted by molar-refractivity contribution is -0.119. The average molecular weight is 386 g/mol. The van der Waals surface area contributed by atoms with Gasteiger partial charge in [0.2, 0.25) is 5.91 Å². The van der Waals surface area contributed by atoms with E-state index in [1.54, 1.807) is 43.5 Å². The number of anilines is 2. The fraction of sp³-hybridized carbons (Fsp3) is 0.250. The molecular formula is C20H22N2O6. The first-order chi connectivity index (χ1) is 13.4. The highest BCUT2D eigenvalue weighted by Gasteiger charge is 2.13. The smallest absolute Gasteiger partial charge is 0.338 e.